The lowest BCUT2D eigenvalue weighted by atomic mass is 10.1. The summed E-state index contributed by atoms with van der Waals surface area (Å²) >= 11 is 5.98. The molecule has 4 N–H and O–H groups in total. The van der Waals surface area contributed by atoms with Crippen LogP contribution >= 0.6 is 11.6 Å². The summed E-state index contributed by atoms with van der Waals surface area (Å²) in [5.41, 5.74) is 0.495. The van der Waals surface area contributed by atoms with E-state index >= 15 is 0 Å². The number of para-hydroxylation sites is 1. The molecule has 0 unspecified atom stereocenters. The third kappa shape index (κ3) is 3.52. The van der Waals surface area contributed by atoms with E-state index in [1.807, 2.05) is 0 Å². The summed E-state index contributed by atoms with van der Waals surface area (Å²) in [6.07, 6.45) is 0. The molecule has 110 valence electrons. The minimum Gasteiger partial charge on any atom is -0.478 e. The van der Waals surface area contributed by atoms with Crippen LogP contribution < -0.4 is 10.5 Å². The Kier molecular flexibility index (Phi) is 4.17. The van der Waals surface area contributed by atoms with E-state index in [-0.39, 0.29) is 16.1 Å². The van der Waals surface area contributed by atoms with E-state index in [1.54, 1.807) is 24.3 Å². The Morgan fingerprint density at radius 3 is 2.38 bits per heavy atom. The molecule has 2 rings (SSSR count). The van der Waals surface area contributed by atoms with Crippen molar-refractivity contribution in [2.45, 2.75) is 4.90 Å². The number of nitrogens with one attached hydrogen (secondary N) is 1. The third-order valence-corrected chi connectivity index (χ3v) is 3.93. The van der Waals surface area contributed by atoms with Crippen molar-refractivity contribution in [1.29, 1.82) is 0 Å². The second-order valence-corrected chi connectivity index (χ2v) is 6.13. The number of primary sulfonamides is 1. The van der Waals surface area contributed by atoms with Crippen LogP contribution in [0.5, 0.6) is 0 Å². The molecule has 8 heteroatoms. The second-order valence-electron chi connectivity index (χ2n) is 4.16. The number of benzene rings is 2. The summed E-state index contributed by atoms with van der Waals surface area (Å²) in [6, 6.07) is 10.3. The molecule has 0 heterocycles. The number of carboxylic acid groups (broad SMARTS) is 1. The molecule has 0 spiro atoms. The molecule has 0 amide bonds. The summed E-state index contributed by atoms with van der Waals surface area (Å²) in [5.74, 6) is -1.28. The van der Waals surface area contributed by atoms with Crippen molar-refractivity contribution in [2.24, 2.45) is 5.14 Å². The summed E-state index contributed by atoms with van der Waals surface area (Å²) in [6.45, 7) is 0. The van der Waals surface area contributed by atoms with Gasteiger partial charge in [0.15, 0.2) is 0 Å². The summed E-state index contributed by atoms with van der Waals surface area (Å²) in [7, 11) is -3.97. The number of aromatic carboxylic acids is 1. The Hall–Kier alpha value is -2.09. The van der Waals surface area contributed by atoms with Crippen LogP contribution in [0, 0.1) is 0 Å². The van der Waals surface area contributed by atoms with Crippen LogP contribution in [-0.2, 0) is 10.0 Å². The molecule has 6 nitrogen and oxygen atoms in total. The molecule has 0 saturated carbocycles. The van der Waals surface area contributed by atoms with Crippen molar-refractivity contribution in [3.05, 3.63) is 53.1 Å². The van der Waals surface area contributed by atoms with Gasteiger partial charge in [-0.1, -0.05) is 23.7 Å². The standard InChI is InChI=1S/C13H11ClN2O4S/c14-10-3-1-2-4-12(10)16-11-6-5-8(21(15,19)20)7-9(11)13(17)18/h1-7,16H,(H,17,18)(H2,15,19,20). The SMILES string of the molecule is NS(=O)(=O)c1ccc(Nc2ccccc2Cl)c(C(=O)O)c1. The minimum absolute atomic E-state index is 0.211. The van der Waals surface area contributed by atoms with Crippen molar-refractivity contribution >= 4 is 39.0 Å². The molecule has 0 aliphatic carbocycles. The zero-order chi connectivity index (χ0) is 15.6. The Labute approximate surface area is 126 Å². The Morgan fingerprint density at radius 1 is 1.14 bits per heavy atom. The third-order valence-electron chi connectivity index (χ3n) is 2.69. The first kappa shape index (κ1) is 15.3. The molecule has 0 aliphatic rings. The number of nitrogens with two attached hydrogens (primary N) is 1. The van der Waals surface area contributed by atoms with Gasteiger partial charge in [0.2, 0.25) is 10.0 Å². The molecule has 2 aromatic carbocycles. The molecule has 0 atom stereocenters. The topological polar surface area (TPSA) is 109 Å². The lowest BCUT2D eigenvalue weighted by molar-refractivity contribution is 0.0697. The number of sulfonamides is 1. The van der Waals surface area contributed by atoms with Crippen molar-refractivity contribution < 1.29 is 18.3 Å². The Morgan fingerprint density at radius 2 is 1.81 bits per heavy atom. The highest BCUT2D eigenvalue weighted by molar-refractivity contribution is 7.89. The minimum atomic E-state index is -3.97. The first-order valence-corrected chi connectivity index (χ1v) is 7.63. The molecule has 0 aromatic heterocycles. The van der Waals surface area contributed by atoms with Gasteiger partial charge in [-0.05, 0) is 30.3 Å². The molecule has 0 radical (unpaired) electrons. The predicted octanol–water partition coefficient (Wildman–Crippen LogP) is 2.43. The highest BCUT2D eigenvalue weighted by Gasteiger charge is 2.16. The largest absolute Gasteiger partial charge is 0.478 e. The van der Waals surface area contributed by atoms with Gasteiger partial charge in [-0.3, -0.25) is 0 Å². The molecular weight excluding hydrogens is 316 g/mol. The predicted molar refractivity (Wildman–Crippen MR) is 79.5 cm³/mol. The van der Waals surface area contributed by atoms with E-state index in [9.17, 15) is 18.3 Å². The van der Waals surface area contributed by atoms with Crippen LogP contribution in [0.15, 0.2) is 47.4 Å². The van der Waals surface area contributed by atoms with Crippen LogP contribution in [0.2, 0.25) is 5.02 Å². The zero-order valence-corrected chi connectivity index (χ0v) is 12.1. The van der Waals surface area contributed by atoms with Crippen molar-refractivity contribution in [2.75, 3.05) is 5.32 Å². The van der Waals surface area contributed by atoms with Crippen molar-refractivity contribution in [3.63, 3.8) is 0 Å². The highest BCUT2D eigenvalue weighted by Crippen LogP contribution is 2.28. The molecule has 0 fully saturated rings. The molecule has 0 bridgehead atoms. The number of hydrogen-bond acceptors (Lipinski definition) is 4. The Balaban J connectivity index is 2.50. The fourth-order valence-corrected chi connectivity index (χ4v) is 2.42. The molecule has 0 aliphatic heterocycles. The average molecular weight is 327 g/mol. The van der Waals surface area contributed by atoms with E-state index in [1.165, 1.54) is 12.1 Å². The maximum Gasteiger partial charge on any atom is 0.337 e. The van der Waals surface area contributed by atoms with Gasteiger partial charge in [0.1, 0.15) is 0 Å². The quantitative estimate of drug-likeness (QED) is 0.799. The van der Waals surface area contributed by atoms with Gasteiger partial charge < -0.3 is 10.4 Å². The van der Waals surface area contributed by atoms with E-state index in [2.05, 4.69) is 5.32 Å². The first-order chi connectivity index (χ1) is 9.79. The maximum absolute atomic E-state index is 11.3. The van der Waals surface area contributed by atoms with Gasteiger partial charge in [0.05, 0.1) is 26.9 Å². The van der Waals surface area contributed by atoms with Crippen LogP contribution in [-0.4, -0.2) is 19.5 Å². The number of rotatable bonds is 4. The molecule has 21 heavy (non-hydrogen) atoms. The van der Waals surface area contributed by atoms with E-state index in [0.717, 1.165) is 6.07 Å². The zero-order valence-electron chi connectivity index (χ0n) is 10.6. The number of halogens is 1. The summed E-state index contributed by atoms with van der Waals surface area (Å²) in [5, 5.41) is 17.4. The Bertz CT molecular complexity index is 806. The number of anilines is 2. The number of carbonyl (C=O) groups is 1. The van der Waals surface area contributed by atoms with Gasteiger partial charge in [-0.25, -0.2) is 18.4 Å². The maximum atomic E-state index is 11.3. The van der Waals surface area contributed by atoms with E-state index < -0.39 is 16.0 Å². The fourth-order valence-electron chi connectivity index (χ4n) is 1.69. The van der Waals surface area contributed by atoms with Crippen LogP contribution in [0.25, 0.3) is 0 Å². The average Bonchev–Trinajstić information content (AvgIpc) is 2.40. The molecule has 0 saturated heterocycles. The van der Waals surface area contributed by atoms with Gasteiger partial charge in [0, 0.05) is 0 Å². The number of hydrogen-bond donors (Lipinski definition) is 3. The van der Waals surface area contributed by atoms with Gasteiger partial charge in [-0.2, -0.15) is 0 Å². The van der Waals surface area contributed by atoms with E-state index in [0.29, 0.717) is 10.7 Å². The molecular formula is C13H11ClN2O4S. The van der Waals surface area contributed by atoms with Crippen molar-refractivity contribution in [3.8, 4) is 0 Å². The summed E-state index contributed by atoms with van der Waals surface area (Å²) < 4.78 is 22.5. The lowest BCUT2D eigenvalue weighted by Gasteiger charge is -2.12. The lowest BCUT2D eigenvalue weighted by Crippen LogP contribution is -2.14. The first-order valence-electron chi connectivity index (χ1n) is 5.71. The number of carboxylic acids is 1. The summed E-state index contributed by atoms with van der Waals surface area (Å²) in [4.78, 5) is 11.0. The van der Waals surface area contributed by atoms with Crippen LogP contribution in [0.4, 0.5) is 11.4 Å². The second kappa shape index (κ2) is 5.72. The fraction of sp³-hybridized carbons (Fsp3) is 0. The monoisotopic (exact) mass is 326 g/mol. The van der Waals surface area contributed by atoms with Gasteiger partial charge in [0.25, 0.3) is 0 Å². The normalized spacial score (nSPS) is 11.1. The van der Waals surface area contributed by atoms with Gasteiger partial charge in [-0.15, -0.1) is 0 Å². The smallest absolute Gasteiger partial charge is 0.337 e. The highest BCUT2D eigenvalue weighted by atomic mass is 35.5. The van der Waals surface area contributed by atoms with Crippen molar-refractivity contribution in [1.82, 2.24) is 0 Å². The van der Waals surface area contributed by atoms with Gasteiger partial charge >= 0.3 is 5.97 Å². The molecule has 2 aromatic rings. The van der Waals surface area contributed by atoms with Crippen LogP contribution in [0.3, 0.4) is 0 Å². The van der Waals surface area contributed by atoms with Crippen LogP contribution in [0.1, 0.15) is 10.4 Å². The van der Waals surface area contributed by atoms with E-state index in [4.69, 9.17) is 16.7 Å².